The maximum atomic E-state index is 12.8. The number of aromatic amines is 1. The number of H-pyrrole nitrogens is 1. The number of hydrogen-bond acceptors (Lipinski definition) is 6. The minimum Gasteiger partial charge on any atom is -0.351 e. The fourth-order valence-corrected chi connectivity index (χ4v) is 3.27. The Morgan fingerprint density at radius 3 is 2.45 bits per heavy atom. The number of alkyl halides is 3. The lowest BCUT2D eigenvalue weighted by molar-refractivity contribution is -0.137. The van der Waals surface area contributed by atoms with Crippen LogP contribution in [0.4, 0.5) is 30.6 Å². The number of anilines is 3. The van der Waals surface area contributed by atoms with Crippen LogP contribution in [0.2, 0.25) is 0 Å². The minimum absolute atomic E-state index is 0.203. The molecular formula is C19H19F3N6O. The van der Waals surface area contributed by atoms with Gasteiger partial charge >= 0.3 is 6.18 Å². The largest absolute Gasteiger partial charge is 0.416 e. The normalized spacial score (nSPS) is 15.4. The Balaban J connectivity index is 1.68. The molecule has 0 spiro atoms. The zero-order valence-corrected chi connectivity index (χ0v) is 15.3. The van der Waals surface area contributed by atoms with Crippen molar-refractivity contribution in [3.05, 3.63) is 52.4 Å². The molecule has 1 saturated heterocycles. The maximum Gasteiger partial charge on any atom is 0.416 e. The molecule has 3 heterocycles. The summed E-state index contributed by atoms with van der Waals surface area (Å²) in [7, 11) is 0. The third-order valence-corrected chi connectivity index (χ3v) is 4.77. The lowest BCUT2D eigenvalue weighted by Gasteiger charge is -2.24. The molecular weight excluding hydrogens is 385 g/mol. The topological polar surface area (TPSA) is 94.7 Å². The van der Waals surface area contributed by atoms with Gasteiger partial charge in [0.05, 0.1) is 11.1 Å². The number of benzene rings is 1. The molecule has 0 aliphatic carbocycles. The van der Waals surface area contributed by atoms with Crippen LogP contribution >= 0.6 is 0 Å². The first-order chi connectivity index (χ1) is 13.9. The van der Waals surface area contributed by atoms with Crippen molar-refractivity contribution in [3.63, 3.8) is 0 Å². The molecule has 29 heavy (non-hydrogen) atoms. The van der Waals surface area contributed by atoms with Crippen LogP contribution in [-0.2, 0) is 6.18 Å². The van der Waals surface area contributed by atoms with Gasteiger partial charge in [-0.25, -0.2) is 4.98 Å². The molecule has 4 N–H and O–H groups in total. The van der Waals surface area contributed by atoms with E-state index < -0.39 is 11.7 Å². The first-order valence-electron chi connectivity index (χ1n) is 9.21. The summed E-state index contributed by atoms with van der Waals surface area (Å²) in [5.74, 6) is 0.595. The molecule has 152 valence electrons. The monoisotopic (exact) mass is 404 g/mol. The van der Waals surface area contributed by atoms with Gasteiger partial charge in [-0.2, -0.15) is 18.2 Å². The van der Waals surface area contributed by atoms with Crippen LogP contribution in [0.25, 0.3) is 10.9 Å². The van der Waals surface area contributed by atoms with E-state index in [4.69, 9.17) is 0 Å². The van der Waals surface area contributed by atoms with Crippen molar-refractivity contribution >= 4 is 28.4 Å². The van der Waals surface area contributed by atoms with Crippen LogP contribution in [0.3, 0.4) is 0 Å². The Kier molecular flexibility index (Phi) is 5.10. The Labute approximate surface area is 163 Å². The molecule has 10 heteroatoms. The average molecular weight is 404 g/mol. The number of nitrogens with one attached hydrogen (secondary N) is 4. The van der Waals surface area contributed by atoms with Gasteiger partial charge in [0.15, 0.2) is 0 Å². The molecule has 0 atom stereocenters. The van der Waals surface area contributed by atoms with Gasteiger partial charge < -0.3 is 20.9 Å². The van der Waals surface area contributed by atoms with Crippen molar-refractivity contribution in [2.75, 3.05) is 23.7 Å². The first-order valence-corrected chi connectivity index (χ1v) is 9.21. The third-order valence-electron chi connectivity index (χ3n) is 4.77. The van der Waals surface area contributed by atoms with Crippen LogP contribution in [0.5, 0.6) is 0 Å². The number of halogens is 3. The highest BCUT2D eigenvalue weighted by atomic mass is 19.4. The number of nitrogens with zero attached hydrogens (tertiary/aromatic N) is 2. The van der Waals surface area contributed by atoms with Crippen molar-refractivity contribution in [2.24, 2.45) is 0 Å². The second-order valence-corrected chi connectivity index (χ2v) is 6.83. The smallest absolute Gasteiger partial charge is 0.351 e. The van der Waals surface area contributed by atoms with Gasteiger partial charge in [-0.15, -0.1) is 0 Å². The van der Waals surface area contributed by atoms with E-state index in [2.05, 4.69) is 30.9 Å². The number of hydrogen-bond donors (Lipinski definition) is 4. The lowest BCUT2D eigenvalue weighted by atomic mass is 10.1. The fraction of sp³-hybridized carbons (Fsp3) is 0.316. The third kappa shape index (κ3) is 4.32. The predicted octanol–water partition coefficient (Wildman–Crippen LogP) is 3.24. The van der Waals surface area contributed by atoms with Crippen LogP contribution in [-0.4, -0.2) is 34.1 Å². The van der Waals surface area contributed by atoms with Crippen LogP contribution in [0.15, 0.2) is 41.3 Å². The Morgan fingerprint density at radius 2 is 1.76 bits per heavy atom. The summed E-state index contributed by atoms with van der Waals surface area (Å²) in [6.07, 6.45) is -1.09. The summed E-state index contributed by atoms with van der Waals surface area (Å²) < 4.78 is 38.4. The summed E-state index contributed by atoms with van der Waals surface area (Å²) in [6.45, 7) is 1.78. The molecule has 2 aromatic heterocycles. The SMILES string of the molecule is O=c1[nH]ccc2nc(NC3CCNCC3)nc(Nc3ccc(C(F)(F)F)cc3)c12. The quantitative estimate of drug-likeness (QED) is 0.533. The molecule has 0 bridgehead atoms. The highest BCUT2D eigenvalue weighted by molar-refractivity contribution is 5.90. The van der Waals surface area contributed by atoms with Crippen molar-refractivity contribution in [3.8, 4) is 0 Å². The molecule has 4 rings (SSSR count). The lowest BCUT2D eigenvalue weighted by Crippen LogP contribution is -2.35. The fourth-order valence-electron chi connectivity index (χ4n) is 3.27. The molecule has 0 radical (unpaired) electrons. The van der Waals surface area contributed by atoms with Crippen molar-refractivity contribution in [2.45, 2.75) is 25.1 Å². The Bertz CT molecular complexity index is 1060. The van der Waals surface area contributed by atoms with E-state index in [9.17, 15) is 18.0 Å². The van der Waals surface area contributed by atoms with Crippen molar-refractivity contribution in [1.82, 2.24) is 20.3 Å². The number of pyridine rings is 1. The van der Waals surface area contributed by atoms with Gasteiger partial charge in [-0.3, -0.25) is 4.79 Å². The molecule has 3 aromatic rings. The van der Waals surface area contributed by atoms with Gasteiger partial charge in [0.25, 0.3) is 5.56 Å². The van der Waals surface area contributed by atoms with Crippen molar-refractivity contribution in [1.29, 1.82) is 0 Å². The summed E-state index contributed by atoms with van der Waals surface area (Å²) in [4.78, 5) is 23.8. The molecule has 1 aliphatic rings. The molecule has 0 unspecified atom stereocenters. The van der Waals surface area contributed by atoms with Crippen LogP contribution < -0.4 is 21.5 Å². The van der Waals surface area contributed by atoms with E-state index in [-0.39, 0.29) is 22.8 Å². The van der Waals surface area contributed by atoms with Crippen LogP contribution in [0.1, 0.15) is 18.4 Å². The molecule has 1 aliphatic heterocycles. The summed E-state index contributed by atoms with van der Waals surface area (Å²) in [6, 6.07) is 6.41. The van der Waals surface area contributed by atoms with Gasteiger partial charge in [0.2, 0.25) is 5.95 Å². The predicted molar refractivity (Wildman–Crippen MR) is 104 cm³/mol. The Morgan fingerprint density at radius 1 is 1.03 bits per heavy atom. The summed E-state index contributed by atoms with van der Waals surface area (Å²) in [5, 5.41) is 9.75. The molecule has 7 nitrogen and oxygen atoms in total. The molecule has 1 fully saturated rings. The standard InChI is InChI=1S/C19H19F3N6O/c20-19(21,22)11-1-3-12(4-2-11)25-16-15-14(7-10-24-17(15)29)27-18(28-16)26-13-5-8-23-9-6-13/h1-4,7,10,13,23H,5-6,8-9H2,(H,24,29)(H2,25,26,27,28). The van der Waals surface area contributed by atoms with E-state index >= 15 is 0 Å². The van der Waals surface area contributed by atoms with E-state index in [0.717, 1.165) is 38.1 Å². The molecule has 1 aromatic carbocycles. The van der Waals surface area contributed by atoms with E-state index in [1.54, 1.807) is 6.07 Å². The number of fused-ring (bicyclic) bond motifs is 1. The summed E-state index contributed by atoms with van der Waals surface area (Å²) in [5.41, 5.74) is -0.310. The highest BCUT2D eigenvalue weighted by Gasteiger charge is 2.30. The Hall–Kier alpha value is -3.14. The second kappa shape index (κ2) is 7.70. The zero-order valence-electron chi connectivity index (χ0n) is 15.3. The molecule has 0 amide bonds. The van der Waals surface area contributed by atoms with E-state index in [0.29, 0.717) is 17.2 Å². The van der Waals surface area contributed by atoms with Gasteiger partial charge in [0, 0.05) is 17.9 Å². The van der Waals surface area contributed by atoms with E-state index in [1.807, 2.05) is 0 Å². The maximum absolute atomic E-state index is 12.8. The van der Waals surface area contributed by atoms with Crippen molar-refractivity contribution < 1.29 is 13.2 Å². The van der Waals surface area contributed by atoms with E-state index in [1.165, 1.54) is 18.3 Å². The zero-order chi connectivity index (χ0) is 20.4. The average Bonchev–Trinajstić information content (AvgIpc) is 2.68. The number of aromatic nitrogens is 3. The number of piperidine rings is 1. The highest BCUT2D eigenvalue weighted by Crippen LogP contribution is 2.31. The molecule has 0 saturated carbocycles. The minimum atomic E-state index is -4.41. The second-order valence-electron chi connectivity index (χ2n) is 6.83. The van der Waals surface area contributed by atoms with Gasteiger partial charge in [-0.1, -0.05) is 0 Å². The van der Waals surface area contributed by atoms with Crippen LogP contribution in [0, 0.1) is 0 Å². The van der Waals surface area contributed by atoms with Gasteiger partial charge in [-0.05, 0) is 56.3 Å². The number of rotatable bonds is 4. The summed E-state index contributed by atoms with van der Waals surface area (Å²) >= 11 is 0. The van der Waals surface area contributed by atoms with Gasteiger partial charge in [0.1, 0.15) is 11.2 Å². The first kappa shape index (κ1) is 19.2.